The molecule has 2 heterocycles. The molecule has 27 heavy (non-hydrogen) atoms. The molecule has 1 atom stereocenters. The van der Waals surface area contributed by atoms with Gasteiger partial charge in [0.05, 0.1) is 22.1 Å². The number of nitriles is 1. The van der Waals surface area contributed by atoms with Crippen molar-refractivity contribution in [3.63, 3.8) is 0 Å². The van der Waals surface area contributed by atoms with E-state index in [1.54, 1.807) is 0 Å². The molecule has 2 aliphatic rings. The van der Waals surface area contributed by atoms with Crippen LogP contribution in [0.15, 0.2) is 23.1 Å². The van der Waals surface area contributed by atoms with Crippen molar-refractivity contribution >= 4 is 22.4 Å². The fourth-order valence-electron chi connectivity index (χ4n) is 3.44. The van der Waals surface area contributed by atoms with Gasteiger partial charge in [0.2, 0.25) is 10.0 Å². The first-order valence-corrected chi connectivity index (χ1v) is 9.74. The highest BCUT2D eigenvalue weighted by Gasteiger charge is 2.38. The molecule has 2 saturated heterocycles. The van der Waals surface area contributed by atoms with Gasteiger partial charge in [-0.3, -0.25) is 4.90 Å². The van der Waals surface area contributed by atoms with E-state index in [2.05, 4.69) is 10.2 Å². The summed E-state index contributed by atoms with van der Waals surface area (Å²) in [6.45, 7) is 3.88. The summed E-state index contributed by atoms with van der Waals surface area (Å²) in [6, 6.07) is 4.08. The van der Waals surface area contributed by atoms with E-state index in [1.807, 2.05) is 0 Å². The van der Waals surface area contributed by atoms with Crippen LogP contribution in [-0.4, -0.2) is 62.9 Å². The monoisotopic (exact) mass is 424 g/mol. The lowest BCUT2D eigenvalue weighted by Gasteiger charge is -2.32. The topological polar surface area (TPSA) is 76.4 Å². The predicted octanol–water partition coefficient (Wildman–Crippen LogP) is 1.67. The molecule has 0 aliphatic carbocycles. The van der Waals surface area contributed by atoms with Crippen molar-refractivity contribution < 1.29 is 21.6 Å². The van der Waals surface area contributed by atoms with Crippen molar-refractivity contribution in [2.75, 3.05) is 39.3 Å². The smallest absolute Gasteiger partial charge is 0.314 e. The molecule has 0 spiro atoms. The number of nitrogens with zero attached hydrogens (tertiary/aromatic N) is 3. The number of benzene rings is 1. The molecule has 1 aromatic carbocycles. The number of rotatable bonds is 3. The van der Waals surface area contributed by atoms with E-state index in [9.17, 15) is 21.6 Å². The maximum Gasteiger partial charge on any atom is 0.417 e. The second-order valence-corrected chi connectivity index (χ2v) is 8.35. The molecule has 1 N–H and O–H groups in total. The quantitative estimate of drug-likeness (QED) is 0.798. The largest absolute Gasteiger partial charge is 0.417 e. The third-order valence-corrected chi connectivity index (χ3v) is 6.71. The van der Waals surface area contributed by atoms with Crippen molar-refractivity contribution in [3.05, 3.63) is 29.3 Å². The maximum atomic E-state index is 13.1. The Labute approximate surface area is 162 Å². The van der Waals surface area contributed by atoms with Crippen LogP contribution in [0.25, 0.3) is 0 Å². The van der Waals surface area contributed by atoms with Crippen LogP contribution in [0.3, 0.4) is 0 Å². The van der Waals surface area contributed by atoms with Crippen LogP contribution in [-0.2, 0) is 16.2 Å². The van der Waals surface area contributed by atoms with Crippen molar-refractivity contribution in [1.82, 2.24) is 14.5 Å². The summed E-state index contributed by atoms with van der Waals surface area (Å²) in [5.74, 6) is 0. The van der Waals surface area contributed by atoms with E-state index < -0.39 is 32.2 Å². The van der Waals surface area contributed by atoms with Crippen LogP contribution < -0.4 is 5.32 Å². The fourth-order valence-corrected chi connectivity index (χ4v) is 4.96. The molecule has 0 amide bonds. The Morgan fingerprint density at radius 1 is 1.19 bits per heavy atom. The number of hydrogen-bond donors (Lipinski definition) is 1. The van der Waals surface area contributed by atoms with Gasteiger partial charge < -0.3 is 5.32 Å². The van der Waals surface area contributed by atoms with Crippen LogP contribution in [0.2, 0.25) is 0 Å². The SMILES string of the molecule is Cl.N#Cc1ccc(S(=O)(=O)N2CCC(N3CCNCC3)C2)cc1C(F)(F)F. The molecule has 1 unspecified atom stereocenters. The number of nitrogens with one attached hydrogen (secondary N) is 1. The van der Waals surface area contributed by atoms with Gasteiger partial charge in [-0.05, 0) is 24.6 Å². The molecular weight excluding hydrogens is 405 g/mol. The normalized spacial score (nSPS) is 22.2. The Morgan fingerprint density at radius 3 is 2.44 bits per heavy atom. The first-order valence-electron chi connectivity index (χ1n) is 8.30. The Bertz CT molecular complexity index is 820. The zero-order chi connectivity index (χ0) is 18.9. The van der Waals surface area contributed by atoms with Gasteiger partial charge in [-0.2, -0.15) is 22.7 Å². The Balaban J connectivity index is 0.00000261. The average Bonchev–Trinajstić information content (AvgIpc) is 3.12. The molecule has 6 nitrogen and oxygen atoms in total. The highest BCUT2D eigenvalue weighted by molar-refractivity contribution is 7.89. The Hall–Kier alpha value is -1.38. The van der Waals surface area contributed by atoms with Crippen LogP contribution in [0.5, 0.6) is 0 Å². The second kappa shape index (κ2) is 8.32. The summed E-state index contributed by atoms with van der Waals surface area (Å²) in [4.78, 5) is 1.79. The van der Waals surface area contributed by atoms with Gasteiger partial charge in [-0.25, -0.2) is 8.42 Å². The van der Waals surface area contributed by atoms with Gasteiger partial charge in [-0.15, -0.1) is 12.4 Å². The zero-order valence-corrected chi connectivity index (χ0v) is 16.0. The van der Waals surface area contributed by atoms with Crippen LogP contribution in [0.4, 0.5) is 13.2 Å². The average molecular weight is 425 g/mol. The zero-order valence-electron chi connectivity index (χ0n) is 14.4. The van der Waals surface area contributed by atoms with Crippen LogP contribution in [0, 0.1) is 11.3 Å². The highest BCUT2D eigenvalue weighted by Crippen LogP contribution is 2.34. The third-order valence-electron chi connectivity index (χ3n) is 4.85. The number of piperazine rings is 1. The van der Waals surface area contributed by atoms with Gasteiger partial charge in [-0.1, -0.05) is 0 Å². The highest BCUT2D eigenvalue weighted by atomic mass is 35.5. The molecule has 0 saturated carbocycles. The number of sulfonamides is 1. The first kappa shape index (κ1) is 21.9. The van der Waals surface area contributed by atoms with Gasteiger partial charge in [0.1, 0.15) is 0 Å². The van der Waals surface area contributed by atoms with E-state index in [4.69, 9.17) is 5.26 Å². The molecule has 11 heteroatoms. The molecule has 150 valence electrons. The molecule has 1 aromatic rings. The molecule has 3 rings (SSSR count). The standard InChI is InChI=1S/C16H19F3N4O2S.ClH/c17-16(18,19)15-9-14(2-1-12(15)10-20)26(24,25)23-6-3-13(11-23)22-7-4-21-5-8-22;/h1-2,9,13,21H,3-8,11H2;1H. The van der Waals surface area contributed by atoms with Crippen LogP contribution in [0.1, 0.15) is 17.5 Å². The van der Waals surface area contributed by atoms with E-state index in [-0.39, 0.29) is 31.5 Å². The summed E-state index contributed by atoms with van der Waals surface area (Å²) < 4.78 is 66.2. The molecule has 2 aliphatic heterocycles. The lowest BCUT2D eigenvalue weighted by Crippen LogP contribution is -2.49. The van der Waals surface area contributed by atoms with Gasteiger partial charge in [0, 0.05) is 45.3 Å². The minimum absolute atomic E-state index is 0. The molecule has 0 aromatic heterocycles. The summed E-state index contributed by atoms with van der Waals surface area (Å²) in [5.41, 5.74) is -1.81. The van der Waals surface area contributed by atoms with E-state index in [1.165, 1.54) is 10.4 Å². The minimum atomic E-state index is -4.79. The van der Waals surface area contributed by atoms with Crippen molar-refractivity contribution in [2.45, 2.75) is 23.5 Å². The predicted molar refractivity (Wildman–Crippen MR) is 95.0 cm³/mol. The Kier molecular flexibility index (Phi) is 6.76. The van der Waals surface area contributed by atoms with Gasteiger partial charge >= 0.3 is 6.18 Å². The summed E-state index contributed by atoms with van der Waals surface area (Å²) in [5, 5.41) is 12.1. The molecule has 2 fully saturated rings. The lowest BCUT2D eigenvalue weighted by atomic mass is 10.1. The summed E-state index contributed by atoms with van der Waals surface area (Å²) >= 11 is 0. The van der Waals surface area contributed by atoms with Crippen LogP contribution >= 0.6 is 12.4 Å². The minimum Gasteiger partial charge on any atom is -0.314 e. The van der Waals surface area contributed by atoms with Crippen molar-refractivity contribution in [2.24, 2.45) is 0 Å². The Morgan fingerprint density at radius 2 is 1.85 bits per heavy atom. The van der Waals surface area contributed by atoms with E-state index in [0.717, 1.165) is 38.3 Å². The lowest BCUT2D eigenvalue weighted by molar-refractivity contribution is -0.137. The van der Waals surface area contributed by atoms with Gasteiger partial charge in [0.15, 0.2) is 0 Å². The number of halogens is 4. The van der Waals surface area contributed by atoms with E-state index in [0.29, 0.717) is 12.5 Å². The second-order valence-electron chi connectivity index (χ2n) is 6.41. The molecule has 0 radical (unpaired) electrons. The maximum absolute atomic E-state index is 13.1. The van der Waals surface area contributed by atoms with Crippen molar-refractivity contribution in [3.8, 4) is 6.07 Å². The number of hydrogen-bond acceptors (Lipinski definition) is 5. The number of alkyl halides is 3. The summed E-state index contributed by atoms with van der Waals surface area (Å²) in [7, 11) is -4.04. The molecular formula is C16H20ClF3N4O2S. The van der Waals surface area contributed by atoms with E-state index >= 15 is 0 Å². The fraction of sp³-hybridized carbons (Fsp3) is 0.562. The third kappa shape index (κ3) is 4.55. The molecule has 0 bridgehead atoms. The van der Waals surface area contributed by atoms with Crippen molar-refractivity contribution in [1.29, 1.82) is 5.26 Å². The van der Waals surface area contributed by atoms with Gasteiger partial charge in [0.25, 0.3) is 0 Å². The first-order chi connectivity index (χ1) is 12.2. The summed E-state index contributed by atoms with van der Waals surface area (Å²) in [6.07, 6.45) is -4.13.